The smallest absolute Gasteiger partial charge is 0.325 e. The maximum Gasteiger partial charge on any atom is 0.325 e. The van der Waals surface area contributed by atoms with Crippen LogP contribution >= 0.6 is 0 Å². The molecule has 1 heterocycles. The molecule has 1 rings (SSSR count). The summed E-state index contributed by atoms with van der Waals surface area (Å²) >= 11 is 0. The summed E-state index contributed by atoms with van der Waals surface area (Å²) in [6, 6.07) is 1.72. The Morgan fingerprint density at radius 2 is 1.95 bits per heavy atom. The summed E-state index contributed by atoms with van der Waals surface area (Å²) in [5, 5.41) is 8.04. The fourth-order valence-electron chi connectivity index (χ4n) is 2.02. The normalized spacial score (nSPS) is 10.3. The average molecular weight is 293 g/mol. The monoisotopic (exact) mass is 293 g/mol. The second kappa shape index (κ2) is 8.34. The predicted octanol–water partition coefficient (Wildman–Crippen LogP) is 1.76. The van der Waals surface area contributed by atoms with E-state index in [1.54, 1.807) is 19.9 Å². The minimum Gasteiger partial charge on any atom is -0.465 e. The molecule has 0 aromatic carbocycles. The van der Waals surface area contributed by atoms with Gasteiger partial charge >= 0.3 is 5.97 Å². The van der Waals surface area contributed by atoms with Gasteiger partial charge in [-0.05, 0) is 32.8 Å². The van der Waals surface area contributed by atoms with Crippen LogP contribution in [0.5, 0.6) is 0 Å². The Hall–Kier alpha value is -1.98. The lowest BCUT2D eigenvalue weighted by Gasteiger charge is -2.22. The lowest BCUT2D eigenvalue weighted by molar-refractivity contribution is -0.143. The van der Waals surface area contributed by atoms with Crippen LogP contribution in [0.15, 0.2) is 6.07 Å². The van der Waals surface area contributed by atoms with E-state index in [9.17, 15) is 9.59 Å². The molecule has 0 saturated heterocycles. The van der Waals surface area contributed by atoms with Crippen molar-refractivity contribution in [3.63, 3.8) is 0 Å². The van der Waals surface area contributed by atoms with Gasteiger partial charge in [0, 0.05) is 6.54 Å². The topological polar surface area (TPSA) is 72.4 Å². The molecule has 0 atom stereocenters. The Kier molecular flexibility index (Phi) is 6.78. The summed E-state index contributed by atoms with van der Waals surface area (Å²) in [5.74, 6) is -0.587. The molecule has 0 aliphatic carbocycles. The lowest BCUT2D eigenvalue weighted by Crippen LogP contribution is -2.37. The highest BCUT2D eigenvalue weighted by Crippen LogP contribution is 2.12. The molecule has 21 heavy (non-hydrogen) atoms. The molecule has 0 spiro atoms. The van der Waals surface area contributed by atoms with Crippen LogP contribution in [0.25, 0.3) is 0 Å². The molecule has 0 aliphatic rings. The van der Waals surface area contributed by atoms with E-state index < -0.39 is 5.97 Å². The molecule has 0 unspecified atom stereocenters. The number of aryl methyl sites for hydroxylation is 2. The van der Waals surface area contributed by atoms with Gasteiger partial charge in [0.25, 0.3) is 5.91 Å². The van der Waals surface area contributed by atoms with Crippen LogP contribution in [0.3, 0.4) is 0 Å². The first-order valence-electron chi connectivity index (χ1n) is 7.31. The summed E-state index contributed by atoms with van der Waals surface area (Å²) in [4.78, 5) is 25.8. The van der Waals surface area contributed by atoms with Gasteiger partial charge in [-0.3, -0.25) is 9.59 Å². The molecular weight excluding hydrogens is 270 g/mol. The number of carbonyl (C=O) groups is 2. The largest absolute Gasteiger partial charge is 0.465 e. The average Bonchev–Trinajstić information content (AvgIpc) is 2.46. The van der Waals surface area contributed by atoms with Gasteiger partial charge in [-0.2, -0.15) is 10.2 Å². The predicted molar refractivity (Wildman–Crippen MR) is 79.0 cm³/mol. The minimum atomic E-state index is -0.393. The molecule has 1 amide bonds. The molecular formula is C15H23N3O3. The van der Waals surface area contributed by atoms with Crippen molar-refractivity contribution < 1.29 is 14.3 Å². The summed E-state index contributed by atoms with van der Waals surface area (Å²) in [6.07, 6.45) is 1.39. The highest BCUT2D eigenvalue weighted by atomic mass is 16.5. The molecule has 1 aromatic heterocycles. The number of ether oxygens (including phenoxy) is 1. The van der Waals surface area contributed by atoms with E-state index in [-0.39, 0.29) is 12.5 Å². The fraction of sp³-hybridized carbons (Fsp3) is 0.600. The van der Waals surface area contributed by atoms with Gasteiger partial charge < -0.3 is 9.64 Å². The molecule has 1 aromatic rings. The second-order valence-corrected chi connectivity index (χ2v) is 4.73. The van der Waals surface area contributed by atoms with Crippen molar-refractivity contribution >= 4 is 11.9 Å². The van der Waals surface area contributed by atoms with E-state index in [2.05, 4.69) is 10.2 Å². The van der Waals surface area contributed by atoms with Gasteiger partial charge in [0.2, 0.25) is 0 Å². The number of aromatic nitrogens is 2. The first-order chi connectivity index (χ1) is 10.0. The number of hydrogen-bond donors (Lipinski definition) is 0. The van der Waals surface area contributed by atoms with Crippen molar-refractivity contribution in [2.75, 3.05) is 19.7 Å². The first-order valence-corrected chi connectivity index (χ1v) is 7.31. The first kappa shape index (κ1) is 17.1. The van der Waals surface area contributed by atoms with Gasteiger partial charge in [-0.15, -0.1) is 0 Å². The van der Waals surface area contributed by atoms with E-state index in [0.29, 0.717) is 36.5 Å². The Bertz CT molecular complexity index is 503. The van der Waals surface area contributed by atoms with Gasteiger partial charge in [-0.25, -0.2) is 0 Å². The van der Waals surface area contributed by atoms with Crippen molar-refractivity contribution in [3.8, 4) is 0 Å². The van der Waals surface area contributed by atoms with Crippen LogP contribution in [0.1, 0.15) is 48.9 Å². The zero-order valence-electron chi connectivity index (χ0n) is 13.2. The number of carbonyl (C=O) groups excluding carboxylic acids is 2. The zero-order chi connectivity index (χ0) is 15.8. The fourth-order valence-corrected chi connectivity index (χ4v) is 2.02. The third kappa shape index (κ3) is 4.81. The Morgan fingerprint density at radius 3 is 2.52 bits per heavy atom. The number of hydrogen-bond acceptors (Lipinski definition) is 5. The molecule has 0 radical (unpaired) electrons. The van der Waals surface area contributed by atoms with Crippen LogP contribution in [0.4, 0.5) is 0 Å². The molecule has 0 bridgehead atoms. The van der Waals surface area contributed by atoms with E-state index in [0.717, 1.165) is 6.42 Å². The number of esters is 1. The molecule has 6 heteroatoms. The van der Waals surface area contributed by atoms with E-state index >= 15 is 0 Å². The Morgan fingerprint density at radius 1 is 1.24 bits per heavy atom. The molecule has 116 valence electrons. The van der Waals surface area contributed by atoms with Gasteiger partial charge in [0.05, 0.1) is 23.6 Å². The second-order valence-electron chi connectivity index (χ2n) is 4.73. The van der Waals surface area contributed by atoms with Crippen LogP contribution in [-0.2, 0) is 16.0 Å². The minimum absolute atomic E-state index is 0.0367. The van der Waals surface area contributed by atoms with Gasteiger partial charge in [0.1, 0.15) is 6.54 Å². The summed E-state index contributed by atoms with van der Waals surface area (Å²) < 4.78 is 4.92. The van der Waals surface area contributed by atoms with Gasteiger partial charge in [0.15, 0.2) is 0 Å². The molecule has 0 fully saturated rings. The van der Waals surface area contributed by atoms with E-state index in [1.165, 1.54) is 4.90 Å². The van der Waals surface area contributed by atoms with Crippen molar-refractivity contribution in [3.05, 3.63) is 23.0 Å². The van der Waals surface area contributed by atoms with Crippen LogP contribution in [-0.4, -0.2) is 46.7 Å². The SMILES string of the molecule is CCCN(CC(=O)OCC)C(=O)c1cc(C)nnc1CC. The van der Waals surface area contributed by atoms with Crippen molar-refractivity contribution in [2.45, 2.75) is 40.5 Å². The van der Waals surface area contributed by atoms with E-state index in [1.807, 2.05) is 13.8 Å². The van der Waals surface area contributed by atoms with E-state index in [4.69, 9.17) is 4.74 Å². The van der Waals surface area contributed by atoms with Crippen molar-refractivity contribution in [1.29, 1.82) is 0 Å². The summed E-state index contributed by atoms with van der Waals surface area (Å²) in [7, 11) is 0. The maximum absolute atomic E-state index is 12.7. The van der Waals surface area contributed by atoms with Crippen molar-refractivity contribution in [1.82, 2.24) is 15.1 Å². The summed E-state index contributed by atoms with van der Waals surface area (Å²) in [6.45, 7) is 8.19. The third-order valence-corrected chi connectivity index (χ3v) is 2.96. The highest BCUT2D eigenvalue weighted by Gasteiger charge is 2.22. The number of amides is 1. The Balaban J connectivity index is 2.99. The maximum atomic E-state index is 12.7. The molecule has 0 saturated carbocycles. The number of nitrogens with zero attached hydrogens (tertiary/aromatic N) is 3. The molecule has 6 nitrogen and oxygen atoms in total. The van der Waals surface area contributed by atoms with Crippen molar-refractivity contribution in [2.24, 2.45) is 0 Å². The van der Waals surface area contributed by atoms with Gasteiger partial charge in [-0.1, -0.05) is 13.8 Å². The lowest BCUT2D eigenvalue weighted by atomic mass is 10.1. The quantitative estimate of drug-likeness (QED) is 0.716. The van der Waals surface area contributed by atoms with Crippen LogP contribution in [0, 0.1) is 6.92 Å². The highest BCUT2D eigenvalue weighted by molar-refractivity contribution is 5.97. The Labute approximate surface area is 125 Å². The molecule has 0 N–H and O–H groups in total. The summed E-state index contributed by atoms with van der Waals surface area (Å²) in [5.41, 5.74) is 1.85. The zero-order valence-corrected chi connectivity index (χ0v) is 13.2. The standard InChI is InChI=1S/C15H23N3O3/c1-5-8-18(10-14(19)21-7-3)15(20)12-9-11(4)16-17-13(12)6-2/h9H,5-8,10H2,1-4H3. The molecule has 0 aliphatic heterocycles. The third-order valence-electron chi connectivity index (χ3n) is 2.96. The number of rotatable bonds is 7. The van der Waals surface area contributed by atoms with Crippen LogP contribution in [0.2, 0.25) is 0 Å². The van der Waals surface area contributed by atoms with Crippen LogP contribution < -0.4 is 0 Å².